The molecule has 9 heteroatoms. The normalized spacial score (nSPS) is 11.2. The van der Waals surface area contributed by atoms with Gasteiger partial charge in [-0.1, -0.05) is 0 Å². The van der Waals surface area contributed by atoms with Gasteiger partial charge in [0.1, 0.15) is 5.75 Å². The second-order valence-corrected chi connectivity index (χ2v) is 6.01. The summed E-state index contributed by atoms with van der Waals surface area (Å²) in [6.07, 6.45) is 0. The van der Waals surface area contributed by atoms with Crippen molar-refractivity contribution in [1.82, 2.24) is 0 Å². The molecule has 0 fully saturated rings. The van der Waals surface area contributed by atoms with Crippen LogP contribution in [-0.4, -0.2) is 20.5 Å². The third-order valence-corrected chi connectivity index (χ3v) is 3.94. The minimum Gasteiger partial charge on any atom is -0.496 e. The maximum atomic E-state index is 11.2. The molecule has 0 aliphatic heterocycles. The van der Waals surface area contributed by atoms with Gasteiger partial charge in [0.15, 0.2) is 4.90 Å². The van der Waals surface area contributed by atoms with E-state index in [2.05, 4.69) is 15.9 Å². The van der Waals surface area contributed by atoms with Crippen LogP contribution in [0.25, 0.3) is 0 Å². The second kappa shape index (κ2) is 4.56. The Labute approximate surface area is 104 Å². The summed E-state index contributed by atoms with van der Waals surface area (Å²) >= 11 is 2.89. The van der Waals surface area contributed by atoms with E-state index in [1.165, 1.54) is 13.2 Å². The third kappa shape index (κ3) is 2.63. The minimum absolute atomic E-state index is 0.0199. The summed E-state index contributed by atoms with van der Waals surface area (Å²) in [5.74, 6) is 0.155. The summed E-state index contributed by atoms with van der Waals surface area (Å²) in [6, 6.07) is 2.27. The molecule has 88 valence electrons. The van der Waals surface area contributed by atoms with Crippen molar-refractivity contribution in [3.63, 3.8) is 0 Å². The zero-order valence-corrected chi connectivity index (χ0v) is 11.0. The molecule has 0 spiro atoms. The number of nitro benzene ring substituents is 1. The Bertz CT molecular complexity index is 544. The summed E-state index contributed by atoms with van der Waals surface area (Å²) < 4.78 is 27.1. The number of benzene rings is 1. The molecule has 16 heavy (non-hydrogen) atoms. The van der Waals surface area contributed by atoms with Crippen LogP contribution in [-0.2, 0) is 9.05 Å². The van der Waals surface area contributed by atoms with E-state index >= 15 is 0 Å². The number of ether oxygens (including phenoxy) is 1. The van der Waals surface area contributed by atoms with Crippen molar-refractivity contribution in [2.45, 2.75) is 4.90 Å². The van der Waals surface area contributed by atoms with Crippen molar-refractivity contribution >= 4 is 41.4 Å². The molecule has 0 heterocycles. The topological polar surface area (TPSA) is 86.5 Å². The van der Waals surface area contributed by atoms with Gasteiger partial charge >= 0.3 is 0 Å². The van der Waals surface area contributed by atoms with Crippen LogP contribution in [0.5, 0.6) is 5.75 Å². The first kappa shape index (κ1) is 13.2. The summed E-state index contributed by atoms with van der Waals surface area (Å²) in [5, 5.41) is 10.7. The molecule has 6 nitrogen and oxygen atoms in total. The molecular weight excluding hydrogens is 326 g/mol. The van der Waals surface area contributed by atoms with E-state index < -0.39 is 24.6 Å². The highest BCUT2D eigenvalue weighted by Gasteiger charge is 2.28. The Morgan fingerprint density at radius 2 is 2.06 bits per heavy atom. The smallest absolute Gasteiger partial charge is 0.294 e. The first-order chi connectivity index (χ1) is 7.27. The van der Waals surface area contributed by atoms with E-state index in [1.807, 2.05) is 0 Å². The molecule has 1 aromatic rings. The Morgan fingerprint density at radius 3 is 2.44 bits per heavy atom. The molecule has 0 aromatic heterocycles. The molecule has 1 rings (SSSR count). The second-order valence-electron chi connectivity index (χ2n) is 2.65. The van der Waals surface area contributed by atoms with Gasteiger partial charge in [0.05, 0.1) is 18.1 Å². The van der Waals surface area contributed by atoms with Crippen LogP contribution in [0, 0.1) is 10.1 Å². The Kier molecular flexibility index (Phi) is 3.76. The van der Waals surface area contributed by atoms with E-state index in [4.69, 9.17) is 15.4 Å². The predicted octanol–water partition coefficient (Wildman–Crippen LogP) is 2.29. The van der Waals surface area contributed by atoms with Crippen molar-refractivity contribution in [3.05, 3.63) is 26.7 Å². The quantitative estimate of drug-likeness (QED) is 0.482. The van der Waals surface area contributed by atoms with Gasteiger partial charge in [-0.05, 0) is 22.0 Å². The van der Waals surface area contributed by atoms with Crippen LogP contribution in [0.1, 0.15) is 0 Å². The van der Waals surface area contributed by atoms with E-state index in [0.29, 0.717) is 0 Å². The average molecular weight is 331 g/mol. The Balaban J connectivity index is 3.66. The van der Waals surface area contributed by atoms with Gasteiger partial charge in [0.25, 0.3) is 14.7 Å². The number of methoxy groups -OCH3 is 1. The number of rotatable bonds is 3. The highest BCUT2D eigenvalue weighted by atomic mass is 79.9. The molecule has 0 saturated carbocycles. The largest absolute Gasteiger partial charge is 0.496 e. The molecule has 0 amide bonds. The van der Waals surface area contributed by atoms with Crippen LogP contribution in [0.2, 0.25) is 0 Å². The number of halogens is 2. The molecular formula is C7H5BrClNO5S. The third-order valence-electron chi connectivity index (χ3n) is 1.67. The van der Waals surface area contributed by atoms with Gasteiger partial charge < -0.3 is 4.74 Å². The molecule has 0 unspecified atom stereocenters. The van der Waals surface area contributed by atoms with Crippen LogP contribution in [0.15, 0.2) is 21.5 Å². The maximum absolute atomic E-state index is 11.2. The standard InChI is InChI=1S/C7H5BrClNO5S/c1-15-4-2-5(8)7(16(9,13)14)6(3-4)10(11)12/h2-3H,1H3. The number of hydrogen-bond acceptors (Lipinski definition) is 5. The lowest BCUT2D eigenvalue weighted by atomic mass is 10.3. The van der Waals surface area contributed by atoms with Crippen LogP contribution in [0.4, 0.5) is 5.69 Å². The highest BCUT2D eigenvalue weighted by Crippen LogP contribution is 2.37. The van der Waals surface area contributed by atoms with Crippen LogP contribution >= 0.6 is 26.6 Å². The van der Waals surface area contributed by atoms with Crippen molar-refractivity contribution in [2.24, 2.45) is 0 Å². The predicted molar refractivity (Wildman–Crippen MR) is 60.4 cm³/mol. The minimum atomic E-state index is -4.21. The fraction of sp³-hybridized carbons (Fsp3) is 0.143. The first-order valence-electron chi connectivity index (χ1n) is 3.74. The summed E-state index contributed by atoms with van der Waals surface area (Å²) in [5.41, 5.74) is -0.638. The summed E-state index contributed by atoms with van der Waals surface area (Å²) in [7, 11) is 2.21. The van der Waals surface area contributed by atoms with Crippen molar-refractivity contribution in [1.29, 1.82) is 0 Å². The van der Waals surface area contributed by atoms with Gasteiger partial charge in [0, 0.05) is 15.2 Å². The lowest BCUT2D eigenvalue weighted by Crippen LogP contribution is -2.01. The van der Waals surface area contributed by atoms with Gasteiger partial charge in [-0.25, -0.2) is 8.42 Å². The molecule has 0 saturated heterocycles. The van der Waals surface area contributed by atoms with Crippen LogP contribution in [0.3, 0.4) is 0 Å². The molecule has 0 aliphatic rings. The molecule has 0 bridgehead atoms. The van der Waals surface area contributed by atoms with Gasteiger partial charge in [-0.15, -0.1) is 0 Å². The van der Waals surface area contributed by atoms with Crippen molar-refractivity contribution in [3.8, 4) is 5.75 Å². The average Bonchev–Trinajstić information content (AvgIpc) is 2.14. The zero-order valence-electron chi connectivity index (χ0n) is 7.81. The summed E-state index contributed by atoms with van der Waals surface area (Å²) in [4.78, 5) is 9.27. The highest BCUT2D eigenvalue weighted by molar-refractivity contribution is 9.10. The molecule has 0 radical (unpaired) electrons. The number of nitrogens with zero attached hydrogens (tertiary/aromatic N) is 1. The number of hydrogen-bond donors (Lipinski definition) is 0. The van der Waals surface area contributed by atoms with Crippen molar-refractivity contribution < 1.29 is 18.1 Å². The SMILES string of the molecule is COc1cc(Br)c(S(=O)(=O)Cl)c([N+](=O)[O-])c1. The van der Waals surface area contributed by atoms with E-state index in [1.54, 1.807) is 0 Å². The van der Waals surface area contributed by atoms with E-state index in [0.717, 1.165) is 6.07 Å². The van der Waals surface area contributed by atoms with Gasteiger partial charge in [0.2, 0.25) is 0 Å². The van der Waals surface area contributed by atoms with Crippen molar-refractivity contribution in [2.75, 3.05) is 7.11 Å². The van der Waals surface area contributed by atoms with E-state index in [-0.39, 0.29) is 10.2 Å². The van der Waals surface area contributed by atoms with E-state index in [9.17, 15) is 18.5 Å². The zero-order chi connectivity index (χ0) is 12.5. The maximum Gasteiger partial charge on any atom is 0.294 e. The molecule has 1 aromatic carbocycles. The Morgan fingerprint density at radius 1 is 1.50 bits per heavy atom. The molecule has 0 atom stereocenters. The lowest BCUT2D eigenvalue weighted by Gasteiger charge is -2.05. The fourth-order valence-corrected chi connectivity index (χ4v) is 3.56. The Hall–Kier alpha value is -0.860. The fourth-order valence-electron chi connectivity index (χ4n) is 1.05. The summed E-state index contributed by atoms with van der Waals surface area (Å²) in [6.45, 7) is 0. The monoisotopic (exact) mass is 329 g/mol. The van der Waals surface area contributed by atoms with Crippen LogP contribution < -0.4 is 4.74 Å². The number of nitro groups is 1. The van der Waals surface area contributed by atoms with Gasteiger partial charge in [-0.3, -0.25) is 10.1 Å². The van der Waals surface area contributed by atoms with Gasteiger partial charge in [-0.2, -0.15) is 0 Å². The lowest BCUT2D eigenvalue weighted by molar-refractivity contribution is -0.388. The molecule has 0 aliphatic carbocycles. The first-order valence-corrected chi connectivity index (χ1v) is 6.84. The molecule has 0 N–H and O–H groups in total.